The molecule has 0 fully saturated rings. The minimum Gasteiger partial charge on any atom is -0.493 e. The van der Waals surface area contributed by atoms with Crippen molar-refractivity contribution >= 4 is 5.69 Å². The molecule has 0 saturated heterocycles. The first kappa shape index (κ1) is 17.4. The van der Waals surface area contributed by atoms with Crippen molar-refractivity contribution in [1.29, 1.82) is 5.26 Å². The van der Waals surface area contributed by atoms with Crippen LogP contribution in [-0.2, 0) is 4.74 Å². The lowest BCUT2D eigenvalue weighted by molar-refractivity contribution is 0.121. The van der Waals surface area contributed by atoms with Crippen LogP contribution in [0.1, 0.15) is 17.2 Å². The predicted molar refractivity (Wildman–Crippen MR) is 93.2 cm³/mol. The van der Waals surface area contributed by atoms with E-state index in [0.29, 0.717) is 5.70 Å². The molecule has 0 heterocycles. The zero-order valence-electron chi connectivity index (χ0n) is 14.0. The SMILES string of the molecule is C=C(C#N)Nc1ccccc1.COc1cc2cc(c1OC)C2OC. The van der Waals surface area contributed by atoms with E-state index in [-0.39, 0.29) is 6.10 Å². The Morgan fingerprint density at radius 1 is 1.12 bits per heavy atom. The van der Waals surface area contributed by atoms with Crippen LogP contribution in [0.25, 0.3) is 0 Å². The molecule has 2 aromatic carbocycles. The highest BCUT2D eigenvalue weighted by molar-refractivity contribution is 5.59. The van der Waals surface area contributed by atoms with Gasteiger partial charge in [-0.1, -0.05) is 24.8 Å². The smallest absolute Gasteiger partial charge is 0.166 e. The molecule has 1 N–H and O–H groups in total. The van der Waals surface area contributed by atoms with Gasteiger partial charge in [0.25, 0.3) is 0 Å². The molecule has 0 spiro atoms. The molecule has 1 unspecified atom stereocenters. The Labute approximate surface area is 142 Å². The summed E-state index contributed by atoms with van der Waals surface area (Å²) in [5, 5.41) is 11.2. The molecule has 2 aliphatic rings. The average molecular weight is 324 g/mol. The van der Waals surface area contributed by atoms with Gasteiger partial charge in [-0.2, -0.15) is 5.26 Å². The lowest BCUT2D eigenvalue weighted by atomic mass is 9.88. The molecular formula is C19H20N2O3. The third-order valence-electron chi connectivity index (χ3n) is 3.55. The zero-order chi connectivity index (χ0) is 17.5. The highest BCUT2D eigenvalue weighted by atomic mass is 16.5. The van der Waals surface area contributed by atoms with Gasteiger partial charge in [0.2, 0.25) is 0 Å². The number of methoxy groups -OCH3 is 3. The van der Waals surface area contributed by atoms with Crippen molar-refractivity contribution in [3.63, 3.8) is 0 Å². The van der Waals surface area contributed by atoms with Crippen LogP contribution in [0.2, 0.25) is 0 Å². The van der Waals surface area contributed by atoms with Crippen molar-refractivity contribution in [1.82, 2.24) is 0 Å². The molecule has 124 valence electrons. The Balaban J connectivity index is 0.000000177. The van der Waals surface area contributed by atoms with Crippen LogP contribution in [0.5, 0.6) is 11.5 Å². The summed E-state index contributed by atoms with van der Waals surface area (Å²) in [5.41, 5.74) is 3.46. The van der Waals surface area contributed by atoms with Gasteiger partial charge in [-0.05, 0) is 29.8 Å². The number of benzene rings is 2. The van der Waals surface area contributed by atoms with Gasteiger partial charge in [0, 0.05) is 18.4 Å². The number of nitriles is 1. The topological polar surface area (TPSA) is 63.5 Å². The number of hydrogen-bond donors (Lipinski definition) is 1. The van der Waals surface area contributed by atoms with E-state index < -0.39 is 0 Å². The first-order valence-electron chi connectivity index (χ1n) is 7.34. The van der Waals surface area contributed by atoms with Crippen LogP contribution in [0.15, 0.2) is 54.7 Å². The van der Waals surface area contributed by atoms with Crippen molar-refractivity contribution in [2.24, 2.45) is 0 Å². The van der Waals surface area contributed by atoms with Crippen molar-refractivity contribution in [3.05, 3.63) is 65.9 Å². The first-order chi connectivity index (χ1) is 11.6. The molecule has 5 heteroatoms. The average Bonchev–Trinajstić information content (AvgIpc) is 2.62. The van der Waals surface area contributed by atoms with E-state index in [1.165, 1.54) is 0 Å². The summed E-state index contributed by atoms with van der Waals surface area (Å²) in [4.78, 5) is 0. The lowest BCUT2D eigenvalue weighted by Gasteiger charge is -2.29. The maximum absolute atomic E-state index is 8.38. The van der Waals surface area contributed by atoms with Gasteiger partial charge < -0.3 is 19.5 Å². The Morgan fingerprint density at radius 3 is 2.38 bits per heavy atom. The van der Waals surface area contributed by atoms with Gasteiger partial charge in [-0.15, -0.1) is 0 Å². The van der Waals surface area contributed by atoms with Crippen molar-refractivity contribution in [2.45, 2.75) is 6.10 Å². The van der Waals surface area contributed by atoms with Crippen molar-refractivity contribution < 1.29 is 14.2 Å². The first-order valence-corrected chi connectivity index (χ1v) is 7.34. The number of para-hydroxylation sites is 1. The minimum atomic E-state index is 0.0776. The highest BCUT2D eigenvalue weighted by Crippen LogP contribution is 2.48. The van der Waals surface area contributed by atoms with Gasteiger partial charge in [-0.3, -0.25) is 0 Å². The van der Waals surface area contributed by atoms with E-state index in [2.05, 4.69) is 18.0 Å². The Morgan fingerprint density at radius 2 is 1.83 bits per heavy atom. The quantitative estimate of drug-likeness (QED) is 0.845. The molecule has 0 radical (unpaired) electrons. The summed E-state index contributed by atoms with van der Waals surface area (Å²) in [6.07, 6.45) is 0.0776. The minimum absolute atomic E-state index is 0.0776. The van der Waals surface area contributed by atoms with Crippen LogP contribution in [0, 0.1) is 11.3 Å². The van der Waals surface area contributed by atoms with Crippen LogP contribution in [0.4, 0.5) is 5.69 Å². The Bertz CT molecular complexity index is 751. The molecule has 2 aromatic rings. The maximum atomic E-state index is 8.38. The fourth-order valence-corrected chi connectivity index (χ4v) is 2.43. The summed E-state index contributed by atoms with van der Waals surface area (Å²) in [7, 11) is 4.97. The molecule has 1 atom stereocenters. The number of rotatable bonds is 5. The van der Waals surface area contributed by atoms with E-state index in [0.717, 1.165) is 28.3 Å². The molecular weight excluding hydrogens is 304 g/mol. The van der Waals surface area contributed by atoms with Gasteiger partial charge in [0.15, 0.2) is 11.5 Å². The number of nitrogens with one attached hydrogen (secondary N) is 1. The Hall–Kier alpha value is -2.97. The van der Waals surface area contributed by atoms with Crippen LogP contribution in [-0.4, -0.2) is 21.3 Å². The predicted octanol–water partition coefficient (Wildman–Crippen LogP) is 3.89. The molecule has 5 nitrogen and oxygen atoms in total. The van der Waals surface area contributed by atoms with Crippen LogP contribution >= 0.6 is 0 Å². The van der Waals surface area contributed by atoms with Crippen molar-refractivity contribution in [3.8, 4) is 17.6 Å². The number of fused-ring (bicyclic) bond motifs is 2. The number of ether oxygens (including phenoxy) is 3. The van der Waals surface area contributed by atoms with E-state index >= 15 is 0 Å². The monoisotopic (exact) mass is 324 g/mol. The summed E-state index contributed by atoms with van der Waals surface area (Å²) < 4.78 is 15.7. The normalized spacial score (nSPS) is 13.5. The Kier molecular flexibility index (Phi) is 5.83. The largest absolute Gasteiger partial charge is 0.493 e. The number of hydrogen-bond acceptors (Lipinski definition) is 5. The zero-order valence-corrected chi connectivity index (χ0v) is 14.0. The number of allylic oxidation sites excluding steroid dienone is 1. The van der Waals surface area contributed by atoms with Crippen LogP contribution < -0.4 is 14.8 Å². The van der Waals surface area contributed by atoms with E-state index in [4.69, 9.17) is 19.5 Å². The molecule has 2 bridgehead atoms. The van der Waals surface area contributed by atoms with Gasteiger partial charge in [0.05, 0.1) is 14.2 Å². The second-order valence-corrected chi connectivity index (χ2v) is 5.04. The molecule has 24 heavy (non-hydrogen) atoms. The highest BCUT2D eigenvalue weighted by Gasteiger charge is 2.31. The van der Waals surface area contributed by atoms with E-state index in [1.807, 2.05) is 42.5 Å². The molecule has 0 aromatic heterocycles. The third-order valence-corrected chi connectivity index (χ3v) is 3.55. The van der Waals surface area contributed by atoms with E-state index in [9.17, 15) is 0 Å². The summed E-state index contributed by atoms with van der Waals surface area (Å²) in [5.74, 6) is 1.56. The van der Waals surface area contributed by atoms with Gasteiger partial charge in [0.1, 0.15) is 17.9 Å². The standard InChI is InChI=1S/C10H12O3.C9H8N2/c1-11-8-5-6-4-7(9(6)12-2)10(8)13-3;1-8(7-10)11-9-5-3-2-4-6-9/h4-5,9H,1-3H3;2-6,11H,1H2. The van der Waals surface area contributed by atoms with Crippen molar-refractivity contribution in [2.75, 3.05) is 26.6 Å². The molecule has 0 saturated carbocycles. The summed E-state index contributed by atoms with van der Waals surface area (Å²) in [6.45, 7) is 3.50. The summed E-state index contributed by atoms with van der Waals surface area (Å²) in [6, 6.07) is 15.4. The fraction of sp³-hybridized carbons (Fsp3) is 0.211. The van der Waals surface area contributed by atoms with Gasteiger partial charge in [-0.25, -0.2) is 0 Å². The van der Waals surface area contributed by atoms with Crippen LogP contribution in [0.3, 0.4) is 0 Å². The second-order valence-electron chi connectivity index (χ2n) is 5.04. The maximum Gasteiger partial charge on any atom is 0.166 e. The molecule has 4 rings (SSSR count). The molecule has 0 aliphatic heterocycles. The van der Waals surface area contributed by atoms with E-state index in [1.54, 1.807) is 21.3 Å². The second kappa shape index (κ2) is 8.04. The fourth-order valence-electron chi connectivity index (χ4n) is 2.43. The molecule has 2 aliphatic carbocycles. The number of anilines is 1. The molecule has 0 amide bonds. The van der Waals surface area contributed by atoms with Gasteiger partial charge >= 0.3 is 0 Å². The lowest BCUT2D eigenvalue weighted by Crippen LogP contribution is -2.15. The number of nitrogens with zero attached hydrogens (tertiary/aromatic N) is 1. The summed E-state index contributed by atoms with van der Waals surface area (Å²) >= 11 is 0. The third kappa shape index (κ3) is 3.67.